The average molecular weight is 236 g/mol. The van der Waals surface area contributed by atoms with Crippen molar-refractivity contribution in [3.05, 3.63) is 34.9 Å². The van der Waals surface area contributed by atoms with Crippen molar-refractivity contribution < 1.29 is 4.79 Å². The molecule has 1 aliphatic heterocycles. The van der Waals surface area contributed by atoms with Gasteiger partial charge < -0.3 is 4.90 Å². The summed E-state index contributed by atoms with van der Waals surface area (Å²) in [6.07, 6.45) is 1.27. The van der Waals surface area contributed by atoms with Gasteiger partial charge in [-0.05, 0) is 36.6 Å². The van der Waals surface area contributed by atoms with Crippen LogP contribution in [0, 0.1) is 0 Å². The fourth-order valence-electron chi connectivity index (χ4n) is 1.95. The first-order valence-electron chi connectivity index (χ1n) is 5.25. The highest BCUT2D eigenvalue weighted by Crippen LogP contribution is 2.35. The van der Waals surface area contributed by atoms with Crippen molar-refractivity contribution in [2.75, 3.05) is 11.9 Å². The zero-order valence-corrected chi connectivity index (χ0v) is 10.3. The number of hydrogen-bond donors (Lipinski definition) is 0. The van der Waals surface area contributed by atoms with E-state index in [4.69, 9.17) is 11.6 Å². The van der Waals surface area contributed by atoms with E-state index in [1.165, 1.54) is 0 Å². The molecule has 1 aromatic rings. The molecule has 0 N–H and O–H groups in total. The van der Waals surface area contributed by atoms with Gasteiger partial charge in [0.05, 0.1) is 0 Å². The van der Waals surface area contributed by atoms with Gasteiger partial charge in [-0.2, -0.15) is 0 Å². The second-order valence-corrected chi connectivity index (χ2v) is 4.60. The second-order valence-electron chi connectivity index (χ2n) is 4.19. The summed E-state index contributed by atoms with van der Waals surface area (Å²) in [4.78, 5) is 13.3. The Labute approximate surface area is 101 Å². The molecule has 0 bridgehead atoms. The number of fused-ring (bicyclic) bond motifs is 1. The van der Waals surface area contributed by atoms with Gasteiger partial charge in [0.15, 0.2) is 0 Å². The Balaban J connectivity index is 2.60. The highest BCUT2D eigenvalue weighted by Gasteiger charge is 2.23. The van der Waals surface area contributed by atoms with Crippen LogP contribution >= 0.6 is 11.6 Å². The van der Waals surface area contributed by atoms with Crippen LogP contribution < -0.4 is 4.90 Å². The first kappa shape index (κ1) is 11.2. The third-order valence-electron chi connectivity index (χ3n) is 2.99. The van der Waals surface area contributed by atoms with E-state index in [1.807, 2.05) is 19.1 Å². The predicted octanol–water partition coefficient (Wildman–Crippen LogP) is 3.28. The van der Waals surface area contributed by atoms with Gasteiger partial charge in [-0.3, -0.25) is 4.79 Å². The van der Waals surface area contributed by atoms with Crippen LogP contribution in [0.25, 0.3) is 5.57 Å². The molecule has 1 aliphatic rings. The largest absolute Gasteiger partial charge is 0.315 e. The summed E-state index contributed by atoms with van der Waals surface area (Å²) in [5.41, 5.74) is 3.93. The molecule has 2 rings (SSSR count). The van der Waals surface area contributed by atoms with Crippen molar-refractivity contribution in [3.63, 3.8) is 0 Å². The van der Waals surface area contributed by atoms with Gasteiger partial charge in [0.1, 0.15) is 0 Å². The van der Waals surface area contributed by atoms with Crippen LogP contribution in [0.2, 0.25) is 5.02 Å². The molecule has 0 spiro atoms. The molecule has 84 valence electrons. The number of allylic oxidation sites excluding steroid dienone is 1. The Morgan fingerprint density at radius 1 is 1.44 bits per heavy atom. The van der Waals surface area contributed by atoms with E-state index in [9.17, 15) is 4.79 Å². The summed E-state index contributed by atoms with van der Waals surface area (Å²) < 4.78 is 0. The van der Waals surface area contributed by atoms with Crippen LogP contribution in [0.3, 0.4) is 0 Å². The molecule has 0 saturated heterocycles. The van der Waals surface area contributed by atoms with Gasteiger partial charge in [0.25, 0.3) is 0 Å². The molecule has 1 amide bonds. The van der Waals surface area contributed by atoms with Gasteiger partial charge in [0, 0.05) is 24.2 Å². The summed E-state index contributed by atoms with van der Waals surface area (Å²) in [6.45, 7) is 5.83. The molecule has 0 saturated carbocycles. The number of carbonyl (C=O) groups excluding carboxylic acids is 1. The van der Waals surface area contributed by atoms with Crippen LogP contribution in [0.5, 0.6) is 0 Å². The molecule has 16 heavy (non-hydrogen) atoms. The van der Waals surface area contributed by atoms with Gasteiger partial charge in [-0.25, -0.2) is 0 Å². The number of halogens is 1. The lowest BCUT2D eigenvalue weighted by atomic mass is 9.97. The Bertz CT molecular complexity index is 479. The highest BCUT2D eigenvalue weighted by atomic mass is 35.5. The monoisotopic (exact) mass is 235 g/mol. The normalized spacial score (nSPS) is 14.9. The Morgan fingerprint density at radius 2 is 2.12 bits per heavy atom. The standard InChI is InChI=1S/C13H14ClNO/c1-8(2)9-6-11(14)10-4-5-13(16)15(3)12(10)7-9/h6-7H,1,4-5H2,2-3H3. The van der Waals surface area contributed by atoms with E-state index >= 15 is 0 Å². The fraction of sp³-hybridized carbons (Fsp3) is 0.308. The minimum absolute atomic E-state index is 0.141. The van der Waals surface area contributed by atoms with Gasteiger partial charge in [0.2, 0.25) is 5.91 Å². The number of carbonyl (C=O) groups is 1. The summed E-state index contributed by atoms with van der Waals surface area (Å²) >= 11 is 6.23. The SMILES string of the molecule is C=C(C)c1cc(Cl)c2c(c1)N(C)C(=O)CC2. The fourth-order valence-corrected chi connectivity index (χ4v) is 2.26. The average Bonchev–Trinajstić information content (AvgIpc) is 2.23. The third-order valence-corrected chi connectivity index (χ3v) is 3.33. The van der Waals surface area contributed by atoms with Crippen molar-refractivity contribution in [1.29, 1.82) is 0 Å². The number of rotatable bonds is 1. The zero-order valence-electron chi connectivity index (χ0n) is 9.51. The highest BCUT2D eigenvalue weighted by molar-refractivity contribution is 6.32. The maximum absolute atomic E-state index is 11.6. The first-order chi connectivity index (χ1) is 7.50. The Morgan fingerprint density at radius 3 is 2.75 bits per heavy atom. The Kier molecular flexibility index (Phi) is 2.76. The first-order valence-corrected chi connectivity index (χ1v) is 5.63. The summed E-state index contributed by atoms with van der Waals surface area (Å²) in [5, 5.41) is 0.731. The maximum atomic E-state index is 11.6. The quantitative estimate of drug-likeness (QED) is 0.732. The Hall–Kier alpha value is -1.28. The van der Waals surface area contributed by atoms with E-state index in [-0.39, 0.29) is 5.91 Å². The lowest BCUT2D eigenvalue weighted by Crippen LogP contribution is -2.31. The number of anilines is 1. The second kappa shape index (κ2) is 3.95. The van der Waals surface area contributed by atoms with Crippen LogP contribution in [0.1, 0.15) is 24.5 Å². The summed E-state index contributed by atoms with van der Waals surface area (Å²) in [6, 6.07) is 3.91. The van der Waals surface area contributed by atoms with E-state index in [0.29, 0.717) is 6.42 Å². The molecule has 2 nitrogen and oxygen atoms in total. The van der Waals surface area contributed by atoms with Crippen LogP contribution in [-0.2, 0) is 11.2 Å². The van der Waals surface area contributed by atoms with Crippen molar-refractivity contribution in [3.8, 4) is 0 Å². The maximum Gasteiger partial charge on any atom is 0.227 e. The van der Waals surface area contributed by atoms with Gasteiger partial charge in [-0.15, -0.1) is 0 Å². The summed E-state index contributed by atoms with van der Waals surface area (Å²) in [5.74, 6) is 0.141. The van der Waals surface area contributed by atoms with Gasteiger partial charge in [-0.1, -0.05) is 23.8 Å². The van der Waals surface area contributed by atoms with Crippen LogP contribution in [-0.4, -0.2) is 13.0 Å². The van der Waals surface area contributed by atoms with E-state index in [2.05, 4.69) is 6.58 Å². The van der Waals surface area contributed by atoms with Crippen molar-refractivity contribution in [1.82, 2.24) is 0 Å². The predicted molar refractivity (Wildman–Crippen MR) is 67.9 cm³/mol. The number of amides is 1. The minimum atomic E-state index is 0.141. The lowest BCUT2D eigenvalue weighted by molar-refractivity contribution is -0.118. The molecule has 0 aliphatic carbocycles. The molecule has 0 atom stereocenters. The van der Waals surface area contributed by atoms with Crippen LogP contribution in [0.15, 0.2) is 18.7 Å². The zero-order chi connectivity index (χ0) is 11.9. The van der Waals surface area contributed by atoms with Gasteiger partial charge >= 0.3 is 0 Å². The molecule has 0 unspecified atom stereocenters. The van der Waals surface area contributed by atoms with Crippen molar-refractivity contribution in [2.24, 2.45) is 0 Å². The molecule has 0 aromatic heterocycles. The van der Waals surface area contributed by atoms with Crippen molar-refractivity contribution >= 4 is 28.8 Å². The van der Waals surface area contributed by atoms with E-state index in [1.54, 1.807) is 11.9 Å². The molecule has 3 heteroatoms. The minimum Gasteiger partial charge on any atom is -0.315 e. The lowest BCUT2D eigenvalue weighted by Gasteiger charge is -2.27. The van der Waals surface area contributed by atoms with E-state index < -0.39 is 0 Å². The summed E-state index contributed by atoms with van der Waals surface area (Å²) in [7, 11) is 1.79. The van der Waals surface area contributed by atoms with Crippen molar-refractivity contribution in [2.45, 2.75) is 19.8 Å². The molecule has 0 fully saturated rings. The number of nitrogens with zero attached hydrogens (tertiary/aromatic N) is 1. The number of benzene rings is 1. The molecular formula is C13H14ClNO. The van der Waals surface area contributed by atoms with E-state index in [0.717, 1.165) is 33.8 Å². The van der Waals surface area contributed by atoms with Crippen LogP contribution in [0.4, 0.5) is 5.69 Å². The third kappa shape index (κ3) is 1.74. The molecule has 1 aromatic carbocycles. The smallest absolute Gasteiger partial charge is 0.227 e. The molecule has 0 radical (unpaired) electrons. The topological polar surface area (TPSA) is 20.3 Å². The number of hydrogen-bond acceptors (Lipinski definition) is 1. The molecular weight excluding hydrogens is 222 g/mol. The molecule has 1 heterocycles.